The molecule has 1 aromatic carbocycles. The van der Waals surface area contributed by atoms with Gasteiger partial charge in [0.1, 0.15) is 0 Å². The lowest BCUT2D eigenvalue weighted by atomic mass is 9.93. The molecule has 0 fully saturated rings. The van der Waals surface area contributed by atoms with E-state index < -0.39 is 0 Å². The molecule has 0 aliphatic carbocycles. The minimum absolute atomic E-state index is 0.296. The molecule has 1 aromatic rings. The molecule has 0 spiro atoms. The first-order valence-electron chi connectivity index (χ1n) is 5.72. The van der Waals surface area contributed by atoms with Crippen LogP contribution in [0.2, 0.25) is 0 Å². The molecule has 0 saturated heterocycles. The molecular formula is C14H22O. The number of rotatable bonds is 4. The van der Waals surface area contributed by atoms with Crippen molar-refractivity contribution < 1.29 is 5.11 Å². The van der Waals surface area contributed by atoms with Crippen LogP contribution in [0.1, 0.15) is 35.6 Å². The van der Waals surface area contributed by atoms with Crippen LogP contribution in [0.25, 0.3) is 0 Å². The molecule has 0 saturated carbocycles. The molecule has 1 atom stereocenters. The molecule has 0 aliphatic rings. The Bertz CT molecular complexity index is 305. The third-order valence-corrected chi connectivity index (χ3v) is 3.04. The lowest BCUT2D eigenvalue weighted by Gasteiger charge is -2.13. The maximum Gasteiger partial charge on any atom is 0.0456 e. The van der Waals surface area contributed by atoms with Gasteiger partial charge in [0.05, 0.1) is 0 Å². The molecular weight excluding hydrogens is 184 g/mol. The van der Waals surface area contributed by atoms with E-state index in [9.17, 15) is 0 Å². The zero-order valence-electron chi connectivity index (χ0n) is 10.3. The topological polar surface area (TPSA) is 20.2 Å². The SMILES string of the molecule is Cc1cc(C)c(CCC(C)CO)c(C)c1. The van der Waals surface area contributed by atoms with Crippen molar-refractivity contribution in [2.75, 3.05) is 6.61 Å². The van der Waals surface area contributed by atoms with Crippen LogP contribution in [0.4, 0.5) is 0 Å². The molecule has 1 nitrogen and oxygen atoms in total. The average molecular weight is 206 g/mol. The van der Waals surface area contributed by atoms with E-state index in [4.69, 9.17) is 5.11 Å². The Hall–Kier alpha value is -0.820. The zero-order chi connectivity index (χ0) is 11.4. The Morgan fingerprint density at radius 3 is 2.13 bits per heavy atom. The van der Waals surface area contributed by atoms with E-state index in [1.807, 2.05) is 0 Å². The second-order valence-electron chi connectivity index (χ2n) is 4.70. The molecule has 0 aromatic heterocycles. The molecule has 1 rings (SSSR count). The maximum atomic E-state index is 9.00. The molecule has 1 N–H and O–H groups in total. The number of aliphatic hydroxyl groups excluding tert-OH is 1. The van der Waals surface area contributed by atoms with Gasteiger partial charge in [0, 0.05) is 6.61 Å². The molecule has 0 radical (unpaired) electrons. The largest absolute Gasteiger partial charge is 0.396 e. The van der Waals surface area contributed by atoms with Crippen LogP contribution >= 0.6 is 0 Å². The van der Waals surface area contributed by atoms with Crippen molar-refractivity contribution in [2.45, 2.75) is 40.5 Å². The highest BCUT2D eigenvalue weighted by molar-refractivity contribution is 5.37. The summed E-state index contributed by atoms with van der Waals surface area (Å²) >= 11 is 0. The van der Waals surface area contributed by atoms with E-state index in [-0.39, 0.29) is 0 Å². The van der Waals surface area contributed by atoms with Crippen LogP contribution in [0, 0.1) is 26.7 Å². The van der Waals surface area contributed by atoms with Crippen molar-refractivity contribution in [1.82, 2.24) is 0 Å². The van der Waals surface area contributed by atoms with E-state index in [0.717, 1.165) is 12.8 Å². The smallest absolute Gasteiger partial charge is 0.0456 e. The minimum Gasteiger partial charge on any atom is -0.396 e. The summed E-state index contributed by atoms with van der Waals surface area (Å²) in [6, 6.07) is 4.48. The first-order chi connectivity index (χ1) is 7.04. The van der Waals surface area contributed by atoms with E-state index in [1.165, 1.54) is 22.3 Å². The Morgan fingerprint density at radius 2 is 1.67 bits per heavy atom. The summed E-state index contributed by atoms with van der Waals surface area (Å²) in [5.41, 5.74) is 5.57. The fourth-order valence-corrected chi connectivity index (χ4v) is 2.09. The molecule has 0 heterocycles. The highest BCUT2D eigenvalue weighted by atomic mass is 16.3. The predicted molar refractivity (Wildman–Crippen MR) is 65.2 cm³/mol. The van der Waals surface area contributed by atoms with Crippen LogP contribution in [0.15, 0.2) is 12.1 Å². The monoisotopic (exact) mass is 206 g/mol. The predicted octanol–water partition coefficient (Wildman–Crippen LogP) is 3.17. The quantitative estimate of drug-likeness (QED) is 0.802. The fraction of sp³-hybridized carbons (Fsp3) is 0.571. The van der Waals surface area contributed by atoms with Crippen LogP contribution in [-0.2, 0) is 6.42 Å². The lowest BCUT2D eigenvalue weighted by molar-refractivity contribution is 0.230. The number of aliphatic hydroxyl groups is 1. The Balaban J connectivity index is 2.77. The normalized spacial score (nSPS) is 12.9. The van der Waals surface area contributed by atoms with E-state index in [1.54, 1.807) is 0 Å². The van der Waals surface area contributed by atoms with Crippen molar-refractivity contribution in [3.8, 4) is 0 Å². The fourth-order valence-electron chi connectivity index (χ4n) is 2.09. The van der Waals surface area contributed by atoms with Gasteiger partial charge >= 0.3 is 0 Å². The lowest BCUT2D eigenvalue weighted by Crippen LogP contribution is -2.04. The average Bonchev–Trinajstić information content (AvgIpc) is 2.15. The third-order valence-electron chi connectivity index (χ3n) is 3.04. The summed E-state index contributed by atoms with van der Waals surface area (Å²) in [4.78, 5) is 0. The molecule has 0 amide bonds. The maximum absolute atomic E-state index is 9.00. The van der Waals surface area contributed by atoms with E-state index in [0.29, 0.717) is 12.5 Å². The number of aryl methyl sites for hydroxylation is 3. The summed E-state index contributed by atoms with van der Waals surface area (Å²) < 4.78 is 0. The summed E-state index contributed by atoms with van der Waals surface area (Å²) in [6.07, 6.45) is 2.15. The van der Waals surface area contributed by atoms with Crippen LogP contribution < -0.4 is 0 Å². The van der Waals surface area contributed by atoms with Gasteiger partial charge in [-0.2, -0.15) is 0 Å². The van der Waals surface area contributed by atoms with Crippen LogP contribution in [0.3, 0.4) is 0 Å². The van der Waals surface area contributed by atoms with Gasteiger partial charge in [0.25, 0.3) is 0 Å². The summed E-state index contributed by atoms with van der Waals surface area (Å²) in [7, 11) is 0. The van der Waals surface area contributed by atoms with Crippen molar-refractivity contribution in [1.29, 1.82) is 0 Å². The van der Waals surface area contributed by atoms with Gasteiger partial charge in [0.15, 0.2) is 0 Å². The van der Waals surface area contributed by atoms with Crippen molar-refractivity contribution in [2.24, 2.45) is 5.92 Å². The first kappa shape index (κ1) is 12.3. The Morgan fingerprint density at radius 1 is 1.13 bits per heavy atom. The van der Waals surface area contributed by atoms with Crippen molar-refractivity contribution in [3.05, 3.63) is 34.4 Å². The van der Waals surface area contributed by atoms with Gasteiger partial charge in [0.2, 0.25) is 0 Å². The van der Waals surface area contributed by atoms with Crippen molar-refractivity contribution in [3.63, 3.8) is 0 Å². The number of hydrogen-bond donors (Lipinski definition) is 1. The van der Waals surface area contributed by atoms with Crippen molar-refractivity contribution >= 4 is 0 Å². The Labute approximate surface area is 93.1 Å². The zero-order valence-corrected chi connectivity index (χ0v) is 10.3. The minimum atomic E-state index is 0.296. The van der Waals surface area contributed by atoms with Gasteiger partial charge in [-0.1, -0.05) is 24.6 Å². The first-order valence-corrected chi connectivity index (χ1v) is 5.72. The Kier molecular flexibility index (Phi) is 4.34. The highest BCUT2D eigenvalue weighted by Gasteiger charge is 2.06. The molecule has 15 heavy (non-hydrogen) atoms. The molecule has 84 valence electrons. The van der Waals surface area contributed by atoms with Crippen LogP contribution in [0.5, 0.6) is 0 Å². The van der Waals surface area contributed by atoms with Gasteiger partial charge in [-0.3, -0.25) is 0 Å². The standard InChI is InChI=1S/C14H22O/c1-10(9-15)5-6-14-12(3)7-11(2)8-13(14)4/h7-8,10,15H,5-6,9H2,1-4H3. The van der Waals surface area contributed by atoms with E-state index in [2.05, 4.69) is 39.8 Å². The van der Waals surface area contributed by atoms with Gasteiger partial charge in [-0.05, 0) is 56.2 Å². The molecule has 0 aliphatic heterocycles. The second-order valence-corrected chi connectivity index (χ2v) is 4.70. The summed E-state index contributed by atoms with van der Waals surface area (Å²) in [5.74, 6) is 0.408. The summed E-state index contributed by atoms with van der Waals surface area (Å²) in [6.45, 7) is 8.89. The molecule has 0 bridgehead atoms. The van der Waals surface area contributed by atoms with Crippen LogP contribution in [-0.4, -0.2) is 11.7 Å². The third kappa shape index (κ3) is 3.35. The van der Waals surface area contributed by atoms with E-state index >= 15 is 0 Å². The highest BCUT2D eigenvalue weighted by Crippen LogP contribution is 2.19. The van der Waals surface area contributed by atoms with Gasteiger partial charge in [-0.15, -0.1) is 0 Å². The number of hydrogen-bond acceptors (Lipinski definition) is 1. The molecule has 1 heteroatoms. The second kappa shape index (κ2) is 5.32. The summed E-state index contributed by atoms with van der Waals surface area (Å²) in [5, 5.41) is 9.00. The van der Waals surface area contributed by atoms with Gasteiger partial charge in [-0.25, -0.2) is 0 Å². The molecule has 1 unspecified atom stereocenters. The number of benzene rings is 1. The van der Waals surface area contributed by atoms with Gasteiger partial charge < -0.3 is 5.11 Å².